The fourth-order valence-corrected chi connectivity index (χ4v) is 6.32. The van der Waals surface area contributed by atoms with E-state index in [0.717, 1.165) is 12.5 Å². The van der Waals surface area contributed by atoms with E-state index in [4.69, 9.17) is 9.47 Å². The van der Waals surface area contributed by atoms with Gasteiger partial charge in [-0.2, -0.15) is 18.3 Å². The molecule has 16 heteroatoms. The number of hydrogen-bond donors (Lipinski definition) is 2. The molecule has 4 heterocycles. The maximum absolute atomic E-state index is 14.5. The predicted molar refractivity (Wildman–Crippen MR) is 178 cm³/mol. The van der Waals surface area contributed by atoms with Gasteiger partial charge in [-0.15, -0.1) is 10.2 Å². The topological polar surface area (TPSA) is 141 Å². The summed E-state index contributed by atoms with van der Waals surface area (Å²) >= 11 is 0. The summed E-state index contributed by atoms with van der Waals surface area (Å²) in [5, 5.41) is 18.6. The first-order chi connectivity index (χ1) is 23.6. The minimum atomic E-state index is -4.73. The number of benzene rings is 1. The monoisotopic (exact) mass is 695 g/mol. The third-order valence-corrected chi connectivity index (χ3v) is 8.74. The second-order valence-electron chi connectivity index (χ2n) is 13.7. The number of aromatic nitrogens is 6. The Morgan fingerprint density at radius 3 is 2.46 bits per heavy atom. The van der Waals surface area contributed by atoms with E-state index in [2.05, 4.69) is 30.9 Å². The van der Waals surface area contributed by atoms with Crippen molar-refractivity contribution in [3.05, 3.63) is 59.0 Å². The summed E-state index contributed by atoms with van der Waals surface area (Å²) in [5.74, 6) is 0.564. The number of alkyl carbamates (subject to hydrolysis) is 1. The molecule has 0 unspecified atom stereocenters. The number of carbonyl (C=O) groups is 2. The van der Waals surface area contributed by atoms with Gasteiger partial charge < -0.3 is 24.7 Å². The molecule has 0 spiro atoms. The molecule has 2 N–H and O–H groups in total. The number of carbonyl (C=O) groups excluding carboxylic acids is 2. The highest BCUT2D eigenvalue weighted by Crippen LogP contribution is 2.41. The van der Waals surface area contributed by atoms with E-state index in [9.17, 15) is 22.8 Å². The Hall–Kier alpha value is -4.99. The number of pyridine rings is 1. The van der Waals surface area contributed by atoms with Gasteiger partial charge in [0.15, 0.2) is 5.82 Å². The zero-order valence-electron chi connectivity index (χ0n) is 28.8. The molecule has 266 valence electrons. The molecule has 6 rings (SSSR count). The van der Waals surface area contributed by atoms with Gasteiger partial charge in [0.05, 0.1) is 48.3 Å². The molecule has 50 heavy (non-hydrogen) atoms. The molecule has 0 radical (unpaired) electrons. The maximum atomic E-state index is 14.5. The molecule has 1 fully saturated rings. The first-order valence-corrected chi connectivity index (χ1v) is 16.3. The minimum absolute atomic E-state index is 0.0684. The molecule has 3 aromatic heterocycles. The zero-order valence-corrected chi connectivity index (χ0v) is 28.8. The Bertz CT molecular complexity index is 1930. The number of nitrogens with one attached hydrogen (secondary N) is 2. The molecule has 1 aliphatic carbocycles. The summed E-state index contributed by atoms with van der Waals surface area (Å²) in [6.45, 7) is 7.26. The van der Waals surface area contributed by atoms with Crippen molar-refractivity contribution in [2.75, 3.05) is 23.4 Å². The second kappa shape index (κ2) is 13.0. The van der Waals surface area contributed by atoms with Gasteiger partial charge in [-0.3, -0.25) is 14.4 Å². The van der Waals surface area contributed by atoms with Crippen LogP contribution in [0, 0.1) is 0 Å². The van der Waals surface area contributed by atoms with Gasteiger partial charge in [-0.1, -0.05) is 0 Å². The number of aryl methyl sites for hydroxylation is 2. The predicted octanol–water partition coefficient (Wildman–Crippen LogP) is 5.85. The van der Waals surface area contributed by atoms with Gasteiger partial charge in [0.25, 0.3) is 5.91 Å². The lowest BCUT2D eigenvalue weighted by Gasteiger charge is -2.42. The van der Waals surface area contributed by atoms with E-state index in [0.29, 0.717) is 47.8 Å². The maximum Gasteiger partial charge on any atom is 0.416 e. The molecule has 0 atom stereocenters. The van der Waals surface area contributed by atoms with Crippen LogP contribution in [-0.2, 0) is 42.9 Å². The molecule has 13 nitrogen and oxygen atoms in total. The standard InChI is InChI=1S/C34H40F3N9O4/c1-7-38-26-13-21(28-23(15-40-45(28)6)29-43-39-19-44(29)5)14-27(41-26)46-16-24-22(30(46)47)11-20(12-25(24)34(35,36)37)17-49-18-33(9-8-10-33)42-31(48)50-32(2,3)4/h11-15,19H,7-10,16-18H2,1-6H3,(H,38,41)(H,42,48). The van der Waals surface area contributed by atoms with Crippen molar-refractivity contribution in [2.24, 2.45) is 14.1 Å². The van der Waals surface area contributed by atoms with Crippen molar-refractivity contribution in [3.8, 4) is 22.6 Å². The number of anilines is 2. The van der Waals surface area contributed by atoms with Gasteiger partial charge in [0.1, 0.15) is 23.6 Å². The van der Waals surface area contributed by atoms with Gasteiger partial charge in [-0.05, 0) is 82.3 Å². The van der Waals surface area contributed by atoms with E-state index in [-0.39, 0.29) is 42.3 Å². The van der Waals surface area contributed by atoms with E-state index < -0.39 is 34.9 Å². The Labute approximate surface area is 287 Å². The van der Waals surface area contributed by atoms with Crippen LogP contribution in [0.2, 0.25) is 0 Å². The fraction of sp³-hybridized carbons (Fsp3) is 0.471. The van der Waals surface area contributed by atoms with Gasteiger partial charge in [0.2, 0.25) is 0 Å². The average Bonchev–Trinajstić information content (AvgIpc) is 3.70. The van der Waals surface area contributed by atoms with E-state index in [1.165, 1.54) is 11.0 Å². The number of halogens is 3. The first-order valence-electron chi connectivity index (χ1n) is 16.3. The number of nitrogens with zero attached hydrogens (tertiary/aromatic N) is 7. The molecular formula is C34H40F3N9O4. The van der Waals surface area contributed by atoms with Crippen LogP contribution in [0.3, 0.4) is 0 Å². The highest BCUT2D eigenvalue weighted by Gasteiger charge is 2.42. The summed E-state index contributed by atoms with van der Waals surface area (Å²) in [5.41, 5.74) is -0.302. The Morgan fingerprint density at radius 2 is 1.84 bits per heavy atom. The van der Waals surface area contributed by atoms with Crippen LogP contribution in [0.1, 0.15) is 74.0 Å². The lowest BCUT2D eigenvalue weighted by Crippen LogP contribution is -2.57. The van der Waals surface area contributed by atoms with Crippen LogP contribution >= 0.6 is 0 Å². The van der Waals surface area contributed by atoms with Crippen LogP contribution in [-0.4, -0.2) is 65.8 Å². The largest absolute Gasteiger partial charge is 0.444 e. The van der Waals surface area contributed by atoms with E-state index in [1.807, 2.05) is 6.92 Å². The van der Waals surface area contributed by atoms with Crippen molar-refractivity contribution < 1.29 is 32.2 Å². The Morgan fingerprint density at radius 1 is 1.08 bits per heavy atom. The van der Waals surface area contributed by atoms with Crippen LogP contribution in [0.25, 0.3) is 22.6 Å². The zero-order chi connectivity index (χ0) is 36.0. The van der Waals surface area contributed by atoms with Crippen molar-refractivity contribution in [2.45, 2.75) is 77.4 Å². The summed E-state index contributed by atoms with van der Waals surface area (Å²) in [6, 6.07) is 5.93. The molecule has 4 aromatic rings. The number of fused-ring (bicyclic) bond motifs is 1. The van der Waals surface area contributed by atoms with Crippen LogP contribution in [0.15, 0.2) is 36.8 Å². The second-order valence-corrected chi connectivity index (χ2v) is 13.7. The Balaban J connectivity index is 1.29. The van der Waals surface area contributed by atoms with Crippen molar-refractivity contribution in [3.63, 3.8) is 0 Å². The molecule has 0 saturated heterocycles. The van der Waals surface area contributed by atoms with E-state index in [1.54, 1.807) is 68.8 Å². The number of alkyl halides is 3. The van der Waals surface area contributed by atoms with Crippen molar-refractivity contribution in [1.82, 2.24) is 34.8 Å². The van der Waals surface area contributed by atoms with Crippen LogP contribution in [0.5, 0.6) is 0 Å². The van der Waals surface area contributed by atoms with Gasteiger partial charge in [-0.25, -0.2) is 9.78 Å². The van der Waals surface area contributed by atoms with Crippen LogP contribution in [0.4, 0.5) is 29.6 Å². The molecule has 2 aliphatic rings. The van der Waals surface area contributed by atoms with E-state index >= 15 is 0 Å². The minimum Gasteiger partial charge on any atom is -0.444 e. The fourth-order valence-electron chi connectivity index (χ4n) is 6.32. The number of amides is 2. The SMILES string of the molecule is CCNc1cc(-c2c(-c3nncn3C)cnn2C)cc(N2Cc3c(cc(COCC4(NC(=O)OC(C)(C)C)CCC4)cc3C(F)(F)F)C2=O)n1. The quantitative estimate of drug-likeness (QED) is 0.209. The highest BCUT2D eigenvalue weighted by molar-refractivity contribution is 6.10. The van der Waals surface area contributed by atoms with Crippen LogP contribution < -0.4 is 15.5 Å². The molecule has 1 saturated carbocycles. The third kappa shape index (κ3) is 7.02. The molecule has 1 aliphatic heterocycles. The summed E-state index contributed by atoms with van der Waals surface area (Å²) in [4.78, 5) is 32.3. The third-order valence-electron chi connectivity index (χ3n) is 8.74. The van der Waals surface area contributed by atoms with Gasteiger partial charge >= 0.3 is 12.3 Å². The first kappa shape index (κ1) is 34.9. The lowest BCUT2D eigenvalue weighted by molar-refractivity contribution is -0.138. The summed E-state index contributed by atoms with van der Waals surface area (Å²) in [7, 11) is 3.57. The Kier molecular flexibility index (Phi) is 9.09. The molecule has 2 amide bonds. The summed E-state index contributed by atoms with van der Waals surface area (Å²) < 4.78 is 58.3. The smallest absolute Gasteiger partial charge is 0.416 e. The normalized spacial score (nSPS) is 15.5. The number of hydrogen-bond acceptors (Lipinski definition) is 9. The number of rotatable bonds is 10. The molecule has 0 bridgehead atoms. The average molecular weight is 696 g/mol. The van der Waals surface area contributed by atoms with Crippen molar-refractivity contribution in [1.29, 1.82) is 0 Å². The highest BCUT2D eigenvalue weighted by atomic mass is 19.4. The summed E-state index contributed by atoms with van der Waals surface area (Å²) in [6.07, 6.45) is 0.0867. The lowest BCUT2D eigenvalue weighted by atomic mass is 9.77. The van der Waals surface area contributed by atoms with Gasteiger partial charge in [0, 0.05) is 31.8 Å². The molecule has 1 aromatic carbocycles. The number of ether oxygens (including phenoxy) is 2. The molecular weight excluding hydrogens is 655 g/mol. The van der Waals surface area contributed by atoms with Crippen molar-refractivity contribution >= 4 is 23.6 Å².